The van der Waals surface area contributed by atoms with Gasteiger partial charge < -0.3 is 5.73 Å². The predicted molar refractivity (Wildman–Crippen MR) is 86.2 cm³/mol. The average Bonchev–Trinajstić information content (AvgIpc) is 2.50. The molecule has 1 saturated heterocycles. The van der Waals surface area contributed by atoms with Gasteiger partial charge in [-0.15, -0.1) is 0 Å². The van der Waals surface area contributed by atoms with Crippen LogP contribution in [0, 0.1) is 0 Å². The highest BCUT2D eigenvalue weighted by Gasteiger charge is 2.29. The normalized spacial score (nSPS) is 20.5. The molecule has 0 spiro atoms. The smallest absolute Gasteiger partial charge is 0.218 e. The van der Waals surface area contributed by atoms with E-state index < -0.39 is 10.0 Å². The van der Waals surface area contributed by atoms with E-state index in [2.05, 4.69) is 13.8 Å². The summed E-state index contributed by atoms with van der Waals surface area (Å²) in [5, 5.41) is 0. The largest absolute Gasteiger partial charge is 0.399 e. The third-order valence-corrected chi connectivity index (χ3v) is 6.71. The highest BCUT2D eigenvalue weighted by atomic mass is 32.2. The van der Waals surface area contributed by atoms with Gasteiger partial charge >= 0.3 is 0 Å². The molecule has 1 fully saturated rings. The number of sulfonamides is 1. The maximum Gasteiger partial charge on any atom is 0.218 e. The van der Waals surface area contributed by atoms with Crippen LogP contribution < -0.4 is 5.73 Å². The fraction of sp³-hybridized carbons (Fsp3) is 0.571. The number of rotatable bonds is 3. The summed E-state index contributed by atoms with van der Waals surface area (Å²) in [5.74, 6) is 0.881. The van der Waals surface area contributed by atoms with Crippen molar-refractivity contribution in [2.24, 2.45) is 0 Å². The summed E-state index contributed by atoms with van der Waals surface area (Å²) in [6.45, 7) is 5.54. The second-order valence-electron chi connectivity index (χ2n) is 5.76. The van der Waals surface area contributed by atoms with Crippen molar-refractivity contribution in [3.63, 3.8) is 0 Å². The van der Waals surface area contributed by atoms with Gasteiger partial charge in [0.05, 0.1) is 5.75 Å². The van der Waals surface area contributed by atoms with Crippen molar-refractivity contribution >= 4 is 27.5 Å². The lowest BCUT2D eigenvalue weighted by Gasteiger charge is -2.22. The van der Waals surface area contributed by atoms with E-state index in [9.17, 15) is 8.42 Å². The molecule has 0 saturated carbocycles. The molecule has 0 unspecified atom stereocenters. The zero-order chi connectivity index (χ0) is 14.8. The molecular weight excluding hydrogens is 292 g/mol. The van der Waals surface area contributed by atoms with Crippen molar-refractivity contribution in [2.75, 3.05) is 24.6 Å². The van der Waals surface area contributed by atoms with Gasteiger partial charge in [0.15, 0.2) is 0 Å². The van der Waals surface area contributed by atoms with E-state index in [0.29, 0.717) is 18.8 Å². The maximum atomic E-state index is 12.5. The van der Waals surface area contributed by atoms with E-state index in [4.69, 9.17) is 5.73 Å². The van der Waals surface area contributed by atoms with Gasteiger partial charge in [0.1, 0.15) is 0 Å². The fourth-order valence-corrected chi connectivity index (χ4v) is 5.00. The minimum absolute atomic E-state index is 0.0309. The zero-order valence-corrected chi connectivity index (χ0v) is 13.6. The van der Waals surface area contributed by atoms with Gasteiger partial charge in [-0.3, -0.25) is 0 Å². The van der Waals surface area contributed by atoms with Crippen molar-refractivity contribution in [1.29, 1.82) is 0 Å². The van der Waals surface area contributed by atoms with Gasteiger partial charge in [0.25, 0.3) is 0 Å². The summed E-state index contributed by atoms with van der Waals surface area (Å²) in [7, 11) is -3.26. The first-order valence-corrected chi connectivity index (χ1v) is 9.34. The lowest BCUT2D eigenvalue weighted by Crippen LogP contribution is -2.34. The van der Waals surface area contributed by atoms with Crippen LogP contribution in [0.3, 0.4) is 0 Å². The van der Waals surface area contributed by atoms with Crippen molar-refractivity contribution in [3.8, 4) is 0 Å². The molecular formula is C14H22N2O2S2. The highest BCUT2D eigenvalue weighted by Crippen LogP contribution is 2.31. The number of nitrogen functional groups attached to an aromatic ring is 1. The topological polar surface area (TPSA) is 63.4 Å². The Labute approximate surface area is 125 Å². The molecule has 0 aliphatic carbocycles. The number of hydrogen-bond acceptors (Lipinski definition) is 4. The number of nitrogens with two attached hydrogens (primary N) is 1. The van der Waals surface area contributed by atoms with Crippen LogP contribution in [0.1, 0.15) is 25.8 Å². The Morgan fingerprint density at radius 2 is 2.10 bits per heavy atom. The van der Waals surface area contributed by atoms with Crippen molar-refractivity contribution in [1.82, 2.24) is 4.31 Å². The summed E-state index contributed by atoms with van der Waals surface area (Å²) in [6, 6.07) is 7.10. The standard InChI is InChI=1S/C14H22N2O2S2/c1-14(2)6-7-16(8-9-19-14)20(17,18)11-12-4-3-5-13(15)10-12/h3-5,10H,6-9,11,15H2,1-2H3. The van der Waals surface area contributed by atoms with E-state index in [-0.39, 0.29) is 10.5 Å². The SMILES string of the molecule is CC1(C)CCN(S(=O)(=O)Cc2cccc(N)c2)CCS1. The maximum absolute atomic E-state index is 12.5. The van der Waals surface area contributed by atoms with Gasteiger partial charge in [0.2, 0.25) is 10.0 Å². The number of thioether (sulfide) groups is 1. The average molecular weight is 314 g/mol. The molecule has 0 aromatic heterocycles. The second kappa shape index (κ2) is 5.95. The van der Waals surface area contributed by atoms with Crippen LogP contribution in [0.15, 0.2) is 24.3 Å². The van der Waals surface area contributed by atoms with E-state index in [1.54, 1.807) is 22.5 Å². The van der Waals surface area contributed by atoms with Crippen LogP contribution in [0.2, 0.25) is 0 Å². The Bertz CT molecular complexity index is 570. The Morgan fingerprint density at radius 3 is 2.80 bits per heavy atom. The summed E-state index contributed by atoms with van der Waals surface area (Å²) >= 11 is 1.84. The van der Waals surface area contributed by atoms with Crippen LogP contribution in [0.4, 0.5) is 5.69 Å². The van der Waals surface area contributed by atoms with E-state index in [1.807, 2.05) is 17.8 Å². The van der Waals surface area contributed by atoms with Crippen molar-refractivity contribution in [3.05, 3.63) is 29.8 Å². The number of benzene rings is 1. The molecule has 2 N–H and O–H groups in total. The molecule has 0 radical (unpaired) electrons. The molecule has 1 aromatic rings. The van der Waals surface area contributed by atoms with Gasteiger partial charge in [-0.1, -0.05) is 26.0 Å². The molecule has 112 valence electrons. The first-order chi connectivity index (χ1) is 9.28. The first-order valence-electron chi connectivity index (χ1n) is 6.75. The van der Waals surface area contributed by atoms with E-state index >= 15 is 0 Å². The molecule has 1 aliphatic heterocycles. The van der Waals surface area contributed by atoms with Crippen molar-refractivity contribution < 1.29 is 8.42 Å². The van der Waals surface area contributed by atoms with E-state index in [0.717, 1.165) is 17.7 Å². The van der Waals surface area contributed by atoms with Crippen LogP contribution in [0.25, 0.3) is 0 Å². The van der Waals surface area contributed by atoms with Gasteiger partial charge in [-0.25, -0.2) is 12.7 Å². The Hall–Kier alpha value is -0.720. The summed E-state index contributed by atoms with van der Waals surface area (Å²) in [4.78, 5) is 0. The summed E-state index contributed by atoms with van der Waals surface area (Å²) < 4.78 is 26.8. The zero-order valence-electron chi connectivity index (χ0n) is 12.0. The molecule has 1 heterocycles. The highest BCUT2D eigenvalue weighted by molar-refractivity contribution is 8.00. The van der Waals surface area contributed by atoms with Crippen LogP contribution >= 0.6 is 11.8 Å². The van der Waals surface area contributed by atoms with Crippen LogP contribution in [-0.2, 0) is 15.8 Å². The molecule has 1 aromatic carbocycles. The minimum atomic E-state index is -3.26. The summed E-state index contributed by atoms with van der Waals surface area (Å²) in [5.41, 5.74) is 7.06. The lowest BCUT2D eigenvalue weighted by molar-refractivity contribution is 0.415. The Balaban J connectivity index is 2.10. The third-order valence-electron chi connectivity index (χ3n) is 3.49. The lowest BCUT2D eigenvalue weighted by atomic mass is 10.1. The molecule has 2 rings (SSSR count). The molecule has 4 nitrogen and oxygen atoms in total. The Morgan fingerprint density at radius 1 is 1.35 bits per heavy atom. The summed E-state index contributed by atoms with van der Waals surface area (Å²) in [6.07, 6.45) is 0.883. The van der Waals surface area contributed by atoms with Crippen LogP contribution in [-0.4, -0.2) is 36.3 Å². The first kappa shape index (κ1) is 15.7. The van der Waals surface area contributed by atoms with Gasteiger partial charge in [0, 0.05) is 29.3 Å². The number of hydrogen-bond donors (Lipinski definition) is 1. The van der Waals surface area contributed by atoms with Crippen molar-refractivity contribution in [2.45, 2.75) is 30.8 Å². The molecule has 0 bridgehead atoms. The molecule has 0 amide bonds. The van der Waals surface area contributed by atoms with Gasteiger partial charge in [-0.2, -0.15) is 11.8 Å². The van der Waals surface area contributed by atoms with E-state index in [1.165, 1.54) is 0 Å². The third kappa shape index (κ3) is 4.14. The molecule has 0 atom stereocenters. The molecule has 20 heavy (non-hydrogen) atoms. The number of anilines is 1. The molecule has 6 heteroatoms. The fourth-order valence-electron chi connectivity index (χ4n) is 2.26. The molecule has 1 aliphatic rings. The van der Waals surface area contributed by atoms with Gasteiger partial charge in [-0.05, 0) is 24.1 Å². The Kier molecular flexibility index (Phi) is 4.66. The number of nitrogens with zero attached hydrogens (tertiary/aromatic N) is 1. The monoisotopic (exact) mass is 314 g/mol. The minimum Gasteiger partial charge on any atom is -0.399 e. The second-order valence-corrected chi connectivity index (χ2v) is 9.53. The predicted octanol–water partition coefficient (Wildman–Crippen LogP) is 2.32. The van der Waals surface area contributed by atoms with Crippen LogP contribution in [0.5, 0.6) is 0 Å². The quantitative estimate of drug-likeness (QED) is 0.870.